The summed E-state index contributed by atoms with van der Waals surface area (Å²) in [5.74, 6) is 3.65. The van der Waals surface area contributed by atoms with Crippen LogP contribution in [0.3, 0.4) is 0 Å². The second-order valence-corrected chi connectivity index (χ2v) is 10.1. The third-order valence-electron chi connectivity index (χ3n) is 5.75. The van der Waals surface area contributed by atoms with E-state index in [-0.39, 0.29) is 5.97 Å². The van der Waals surface area contributed by atoms with Crippen molar-refractivity contribution in [1.82, 2.24) is 20.2 Å². The van der Waals surface area contributed by atoms with Crippen molar-refractivity contribution in [2.45, 2.75) is 71.3 Å². The van der Waals surface area contributed by atoms with Crippen molar-refractivity contribution in [1.29, 1.82) is 0 Å². The zero-order valence-electron chi connectivity index (χ0n) is 19.0. The normalized spacial score (nSPS) is 20.0. The monoisotopic (exact) mass is 426 g/mol. The lowest BCUT2D eigenvalue weighted by Crippen LogP contribution is -2.26. The number of ether oxygens (including phenoxy) is 1. The Morgan fingerprint density at radius 2 is 2.13 bits per heavy atom. The van der Waals surface area contributed by atoms with E-state index in [0.29, 0.717) is 24.2 Å². The standard InChI is InChI=1S/C23H34N6O2/c1-15(12-21(30)31-23(2,3)4)11-16-8-10-29(14-16)22-24-9-7-19(26-22)25-20-13-18(27-28-20)17-5-6-17/h7,9,13,15-17H,5-6,8,10-12,14H2,1-4H3,(H2,24,25,26,27,28)/t15?,16-/m0/s1. The molecule has 8 heteroatoms. The third-order valence-corrected chi connectivity index (χ3v) is 5.75. The average Bonchev–Trinajstić information content (AvgIpc) is 3.24. The first-order valence-corrected chi connectivity index (χ1v) is 11.4. The van der Waals surface area contributed by atoms with Crippen LogP contribution < -0.4 is 10.2 Å². The molecular weight excluding hydrogens is 392 g/mol. The molecule has 0 amide bonds. The number of nitrogens with zero attached hydrogens (tertiary/aromatic N) is 4. The van der Waals surface area contributed by atoms with E-state index in [2.05, 4.69) is 38.4 Å². The average molecular weight is 427 g/mol. The number of nitrogens with one attached hydrogen (secondary N) is 2. The SMILES string of the molecule is CC(CC(=O)OC(C)(C)C)C[C@@H]1CCN(c2nccc(Nc3cc(C4CC4)[nH]n3)n2)C1. The van der Waals surface area contributed by atoms with E-state index in [1.54, 1.807) is 6.20 Å². The van der Waals surface area contributed by atoms with Crippen LogP contribution in [0.2, 0.25) is 0 Å². The molecule has 0 radical (unpaired) electrons. The fraction of sp³-hybridized carbons (Fsp3) is 0.652. The maximum Gasteiger partial charge on any atom is 0.306 e. The van der Waals surface area contributed by atoms with Gasteiger partial charge in [0.2, 0.25) is 5.95 Å². The van der Waals surface area contributed by atoms with Gasteiger partial charge in [-0.3, -0.25) is 9.89 Å². The quantitative estimate of drug-likeness (QED) is 0.604. The number of esters is 1. The summed E-state index contributed by atoms with van der Waals surface area (Å²) in [6.07, 6.45) is 6.83. The molecule has 0 bridgehead atoms. The van der Waals surface area contributed by atoms with Crippen molar-refractivity contribution >= 4 is 23.6 Å². The van der Waals surface area contributed by atoms with E-state index in [1.807, 2.05) is 26.8 Å². The zero-order chi connectivity index (χ0) is 22.0. The van der Waals surface area contributed by atoms with E-state index >= 15 is 0 Å². The minimum absolute atomic E-state index is 0.111. The Hall–Kier alpha value is -2.64. The van der Waals surface area contributed by atoms with E-state index in [9.17, 15) is 4.79 Å². The fourth-order valence-corrected chi connectivity index (χ4v) is 4.23. The van der Waals surface area contributed by atoms with Crippen LogP contribution in [0.15, 0.2) is 18.3 Å². The minimum Gasteiger partial charge on any atom is -0.460 e. The molecule has 2 fully saturated rings. The first-order chi connectivity index (χ1) is 14.7. The lowest BCUT2D eigenvalue weighted by Gasteiger charge is -2.22. The summed E-state index contributed by atoms with van der Waals surface area (Å²) in [6.45, 7) is 9.70. The summed E-state index contributed by atoms with van der Waals surface area (Å²) >= 11 is 0. The molecule has 2 atom stereocenters. The van der Waals surface area contributed by atoms with Crippen LogP contribution in [0.1, 0.15) is 71.4 Å². The van der Waals surface area contributed by atoms with Crippen LogP contribution in [-0.4, -0.2) is 44.8 Å². The molecule has 8 nitrogen and oxygen atoms in total. The lowest BCUT2D eigenvalue weighted by atomic mass is 9.93. The molecule has 2 aromatic heterocycles. The van der Waals surface area contributed by atoms with Crippen LogP contribution in [0, 0.1) is 11.8 Å². The van der Waals surface area contributed by atoms with Crippen molar-refractivity contribution in [3.63, 3.8) is 0 Å². The Bertz CT molecular complexity index is 901. The van der Waals surface area contributed by atoms with Crippen molar-refractivity contribution in [3.05, 3.63) is 24.0 Å². The highest BCUT2D eigenvalue weighted by Crippen LogP contribution is 2.39. The summed E-state index contributed by atoms with van der Waals surface area (Å²) in [6, 6.07) is 3.93. The highest BCUT2D eigenvalue weighted by atomic mass is 16.6. The summed E-state index contributed by atoms with van der Waals surface area (Å²) in [7, 11) is 0. The Morgan fingerprint density at radius 3 is 2.87 bits per heavy atom. The molecule has 2 aromatic rings. The summed E-state index contributed by atoms with van der Waals surface area (Å²) in [4.78, 5) is 23.5. The molecular formula is C23H34N6O2. The summed E-state index contributed by atoms with van der Waals surface area (Å²) in [5.41, 5.74) is 0.770. The number of hydrogen-bond donors (Lipinski definition) is 2. The van der Waals surface area contributed by atoms with Crippen LogP contribution in [0.4, 0.5) is 17.6 Å². The van der Waals surface area contributed by atoms with Gasteiger partial charge in [0.25, 0.3) is 0 Å². The van der Waals surface area contributed by atoms with E-state index in [4.69, 9.17) is 9.72 Å². The minimum atomic E-state index is -0.424. The van der Waals surface area contributed by atoms with E-state index in [0.717, 1.165) is 43.5 Å². The molecule has 1 aliphatic carbocycles. The van der Waals surface area contributed by atoms with Gasteiger partial charge < -0.3 is 15.0 Å². The van der Waals surface area contributed by atoms with Gasteiger partial charge in [-0.15, -0.1) is 0 Å². The number of rotatable bonds is 8. The number of H-pyrrole nitrogens is 1. The molecule has 4 rings (SSSR count). The predicted molar refractivity (Wildman–Crippen MR) is 120 cm³/mol. The lowest BCUT2D eigenvalue weighted by molar-refractivity contribution is -0.155. The molecule has 2 aliphatic rings. The first kappa shape index (κ1) is 21.6. The largest absolute Gasteiger partial charge is 0.460 e. The van der Waals surface area contributed by atoms with Crippen LogP contribution in [-0.2, 0) is 9.53 Å². The Balaban J connectivity index is 1.28. The van der Waals surface area contributed by atoms with Gasteiger partial charge in [-0.05, 0) is 64.4 Å². The maximum absolute atomic E-state index is 12.1. The second-order valence-electron chi connectivity index (χ2n) is 10.1. The van der Waals surface area contributed by atoms with Gasteiger partial charge in [-0.1, -0.05) is 6.92 Å². The molecule has 1 saturated carbocycles. The molecule has 168 valence electrons. The molecule has 31 heavy (non-hydrogen) atoms. The Labute approximate surface area is 184 Å². The summed E-state index contributed by atoms with van der Waals surface area (Å²) < 4.78 is 5.46. The van der Waals surface area contributed by atoms with Crippen LogP contribution in [0.25, 0.3) is 0 Å². The molecule has 2 N–H and O–H groups in total. The number of carbonyl (C=O) groups excluding carboxylic acids is 1. The van der Waals surface area contributed by atoms with Gasteiger partial charge in [-0.25, -0.2) is 4.98 Å². The van der Waals surface area contributed by atoms with Gasteiger partial charge in [-0.2, -0.15) is 10.1 Å². The van der Waals surface area contributed by atoms with Gasteiger partial charge in [0.15, 0.2) is 5.82 Å². The first-order valence-electron chi connectivity index (χ1n) is 11.4. The molecule has 1 aliphatic heterocycles. The smallest absolute Gasteiger partial charge is 0.306 e. The van der Waals surface area contributed by atoms with Gasteiger partial charge >= 0.3 is 5.97 Å². The van der Waals surface area contributed by atoms with Gasteiger partial charge in [0, 0.05) is 43.4 Å². The predicted octanol–water partition coefficient (Wildman–Crippen LogP) is 4.41. The number of anilines is 3. The van der Waals surface area contributed by atoms with Gasteiger partial charge in [0.05, 0.1) is 0 Å². The van der Waals surface area contributed by atoms with Gasteiger partial charge in [0.1, 0.15) is 11.4 Å². The van der Waals surface area contributed by atoms with E-state index in [1.165, 1.54) is 18.5 Å². The highest BCUT2D eigenvalue weighted by molar-refractivity contribution is 5.70. The van der Waals surface area contributed by atoms with E-state index < -0.39 is 5.60 Å². The number of carbonyl (C=O) groups is 1. The topological polar surface area (TPSA) is 96.0 Å². The van der Waals surface area contributed by atoms with Crippen molar-refractivity contribution in [3.8, 4) is 0 Å². The maximum atomic E-state index is 12.1. The zero-order valence-corrected chi connectivity index (χ0v) is 19.0. The Kier molecular flexibility index (Phi) is 6.16. The summed E-state index contributed by atoms with van der Waals surface area (Å²) in [5, 5.41) is 10.7. The molecule has 0 spiro atoms. The fourth-order valence-electron chi connectivity index (χ4n) is 4.23. The second kappa shape index (κ2) is 8.85. The molecule has 1 unspecified atom stereocenters. The van der Waals surface area contributed by atoms with Crippen LogP contribution in [0.5, 0.6) is 0 Å². The molecule has 3 heterocycles. The van der Waals surface area contributed by atoms with Crippen molar-refractivity contribution in [2.75, 3.05) is 23.3 Å². The molecule has 0 aromatic carbocycles. The molecule has 1 saturated heterocycles. The van der Waals surface area contributed by atoms with Crippen LogP contribution >= 0.6 is 0 Å². The highest BCUT2D eigenvalue weighted by Gasteiger charge is 2.28. The van der Waals surface area contributed by atoms with Crippen molar-refractivity contribution < 1.29 is 9.53 Å². The number of aromatic nitrogens is 4. The Morgan fingerprint density at radius 1 is 1.32 bits per heavy atom. The number of hydrogen-bond acceptors (Lipinski definition) is 7. The number of aromatic amines is 1. The third kappa shape index (κ3) is 6.18. The van der Waals surface area contributed by atoms with Crippen molar-refractivity contribution in [2.24, 2.45) is 11.8 Å².